The zero-order valence-electron chi connectivity index (χ0n) is 11.0. The molecule has 21 heavy (non-hydrogen) atoms. The molecule has 0 saturated heterocycles. The van der Waals surface area contributed by atoms with E-state index in [1.54, 1.807) is 18.2 Å². The van der Waals surface area contributed by atoms with E-state index in [0.717, 1.165) is 6.07 Å². The Morgan fingerprint density at radius 3 is 2.57 bits per heavy atom. The van der Waals surface area contributed by atoms with Gasteiger partial charge in [-0.05, 0) is 36.2 Å². The van der Waals surface area contributed by atoms with Crippen molar-refractivity contribution in [2.24, 2.45) is 0 Å². The van der Waals surface area contributed by atoms with Crippen LogP contribution in [0.25, 0.3) is 0 Å². The predicted molar refractivity (Wildman–Crippen MR) is 75.2 cm³/mol. The number of nitriles is 1. The van der Waals surface area contributed by atoms with E-state index in [2.05, 4.69) is 0 Å². The summed E-state index contributed by atoms with van der Waals surface area (Å²) in [5.74, 6) is -3.63. The first kappa shape index (κ1) is 15.1. The van der Waals surface area contributed by atoms with E-state index in [0.29, 0.717) is 16.7 Å². The molecule has 5 heteroatoms. The van der Waals surface area contributed by atoms with Crippen molar-refractivity contribution in [1.82, 2.24) is 0 Å². The van der Waals surface area contributed by atoms with Gasteiger partial charge in [-0.15, -0.1) is 0 Å². The van der Waals surface area contributed by atoms with Crippen LogP contribution in [0.1, 0.15) is 27.4 Å². The highest BCUT2D eigenvalue weighted by Gasteiger charge is 2.25. The lowest BCUT2D eigenvalue weighted by molar-refractivity contribution is 0.0975. The third-order valence-electron chi connectivity index (χ3n) is 3.09. The highest BCUT2D eigenvalue weighted by atomic mass is 35.5. The Balaban J connectivity index is 2.47. The van der Waals surface area contributed by atoms with Gasteiger partial charge in [-0.2, -0.15) is 5.26 Å². The first-order valence-electron chi connectivity index (χ1n) is 6.09. The van der Waals surface area contributed by atoms with Crippen molar-refractivity contribution >= 4 is 17.4 Å². The SMILES string of the molecule is Cc1cc(C(=O)C(C#N)c2cccc(Cl)c2)c(F)cc1F. The molecule has 106 valence electrons. The first-order valence-corrected chi connectivity index (χ1v) is 6.46. The van der Waals surface area contributed by atoms with Crippen molar-refractivity contribution in [2.45, 2.75) is 12.8 Å². The minimum absolute atomic E-state index is 0.141. The summed E-state index contributed by atoms with van der Waals surface area (Å²) in [6, 6.07) is 9.84. The number of rotatable bonds is 3. The van der Waals surface area contributed by atoms with Crippen LogP contribution in [0.3, 0.4) is 0 Å². The van der Waals surface area contributed by atoms with Gasteiger partial charge in [0.15, 0.2) is 5.78 Å². The molecule has 0 radical (unpaired) electrons. The van der Waals surface area contributed by atoms with Crippen molar-refractivity contribution in [3.05, 3.63) is 69.7 Å². The second-order valence-electron chi connectivity index (χ2n) is 4.56. The van der Waals surface area contributed by atoms with E-state index in [1.165, 1.54) is 13.0 Å². The van der Waals surface area contributed by atoms with Gasteiger partial charge in [-0.3, -0.25) is 4.79 Å². The fourth-order valence-electron chi connectivity index (χ4n) is 1.97. The fourth-order valence-corrected chi connectivity index (χ4v) is 2.17. The summed E-state index contributed by atoms with van der Waals surface area (Å²) >= 11 is 5.83. The second kappa shape index (κ2) is 6.02. The van der Waals surface area contributed by atoms with Crippen molar-refractivity contribution in [3.8, 4) is 6.07 Å². The number of hydrogen-bond donors (Lipinski definition) is 0. The largest absolute Gasteiger partial charge is 0.292 e. The van der Waals surface area contributed by atoms with Crippen LogP contribution in [0.4, 0.5) is 8.78 Å². The van der Waals surface area contributed by atoms with Gasteiger partial charge >= 0.3 is 0 Å². The van der Waals surface area contributed by atoms with Gasteiger partial charge in [0.2, 0.25) is 0 Å². The molecule has 2 rings (SSSR count). The molecular formula is C16H10ClF2NO. The molecule has 0 aliphatic carbocycles. The van der Waals surface area contributed by atoms with Crippen molar-refractivity contribution in [1.29, 1.82) is 5.26 Å². The number of Topliss-reactive ketones (excluding diaryl/α,β-unsaturated/α-hetero) is 1. The second-order valence-corrected chi connectivity index (χ2v) is 5.00. The van der Waals surface area contributed by atoms with Gasteiger partial charge in [0.25, 0.3) is 0 Å². The van der Waals surface area contributed by atoms with Crippen molar-refractivity contribution < 1.29 is 13.6 Å². The summed E-state index contributed by atoms with van der Waals surface area (Å²) in [6.07, 6.45) is 0. The number of aryl methyl sites for hydroxylation is 1. The molecule has 1 atom stereocenters. The minimum Gasteiger partial charge on any atom is -0.292 e. The molecule has 0 aromatic heterocycles. The highest BCUT2D eigenvalue weighted by Crippen LogP contribution is 2.25. The van der Waals surface area contributed by atoms with E-state index in [1.807, 2.05) is 6.07 Å². The molecule has 0 amide bonds. The van der Waals surface area contributed by atoms with Crippen molar-refractivity contribution in [2.75, 3.05) is 0 Å². The minimum atomic E-state index is -1.19. The Labute approximate surface area is 125 Å². The quantitative estimate of drug-likeness (QED) is 0.788. The van der Waals surface area contributed by atoms with Gasteiger partial charge in [-0.25, -0.2) is 8.78 Å². The molecule has 0 aliphatic heterocycles. The highest BCUT2D eigenvalue weighted by molar-refractivity contribution is 6.30. The van der Waals surface area contributed by atoms with E-state index >= 15 is 0 Å². The summed E-state index contributed by atoms with van der Waals surface area (Å²) in [7, 11) is 0. The molecule has 0 saturated carbocycles. The van der Waals surface area contributed by atoms with Crippen LogP contribution in [0.5, 0.6) is 0 Å². The Hall–Kier alpha value is -2.25. The monoisotopic (exact) mass is 305 g/mol. The summed E-state index contributed by atoms with van der Waals surface area (Å²) in [6.45, 7) is 1.42. The summed E-state index contributed by atoms with van der Waals surface area (Å²) in [5, 5.41) is 9.58. The summed E-state index contributed by atoms with van der Waals surface area (Å²) in [5.41, 5.74) is 0.208. The van der Waals surface area contributed by atoms with Crippen LogP contribution in [0, 0.1) is 29.9 Å². The molecule has 2 aromatic rings. The van der Waals surface area contributed by atoms with Crippen LogP contribution in [0.15, 0.2) is 36.4 Å². The normalized spacial score (nSPS) is 11.8. The van der Waals surface area contributed by atoms with Crippen LogP contribution < -0.4 is 0 Å². The van der Waals surface area contributed by atoms with E-state index in [-0.39, 0.29) is 11.1 Å². The molecular weight excluding hydrogens is 296 g/mol. The molecule has 0 aliphatic rings. The third kappa shape index (κ3) is 3.09. The Morgan fingerprint density at radius 1 is 1.24 bits per heavy atom. The molecule has 0 N–H and O–H groups in total. The van der Waals surface area contributed by atoms with Crippen LogP contribution >= 0.6 is 11.6 Å². The topological polar surface area (TPSA) is 40.9 Å². The zero-order valence-corrected chi connectivity index (χ0v) is 11.8. The van der Waals surface area contributed by atoms with E-state index in [4.69, 9.17) is 11.6 Å². The smallest absolute Gasteiger partial charge is 0.187 e. The Bertz CT molecular complexity index is 752. The first-order chi connectivity index (χ1) is 9.93. The lowest BCUT2D eigenvalue weighted by Gasteiger charge is -2.11. The number of ketones is 1. The number of nitrogens with zero attached hydrogens (tertiary/aromatic N) is 1. The molecule has 0 bridgehead atoms. The number of benzene rings is 2. The standard InChI is InChI=1S/C16H10ClF2NO/c1-9-5-12(15(19)7-14(9)18)16(21)13(8-20)10-3-2-4-11(17)6-10/h2-7,13H,1H3. The molecule has 0 fully saturated rings. The van der Waals surface area contributed by atoms with Gasteiger partial charge in [-0.1, -0.05) is 23.7 Å². The molecule has 0 heterocycles. The van der Waals surface area contributed by atoms with Gasteiger partial charge in [0.1, 0.15) is 17.6 Å². The maximum atomic E-state index is 13.8. The Morgan fingerprint density at radius 2 is 1.95 bits per heavy atom. The van der Waals surface area contributed by atoms with Gasteiger partial charge in [0, 0.05) is 11.1 Å². The molecule has 2 nitrogen and oxygen atoms in total. The summed E-state index contributed by atoms with van der Waals surface area (Å²) < 4.78 is 27.0. The lowest BCUT2D eigenvalue weighted by Crippen LogP contribution is -2.13. The Kier molecular flexibility index (Phi) is 4.35. The van der Waals surface area contributed by atoms with Crippen LogP contribution in [-0.4, -0.2) is 5.78 Å². The number of carbonyl (C=O) groups excluding carboxylic acids is 1. The van der Waals surface area contributed by atoms with Crippen molar-refractivity contribution in [3.63, 3.8) is 0 Å². The average Bonchev–Trinajstić information content (AvgIpc) is 2.43. The maximum Gasteiger partial charge on any atom is 0.187 e. The number of hydrogen-bond acceptors (Lipinski definition) is 2. The third-order valence-corrected chi connectivity index (χ3v) is 3.32. The molecule has 1 unspecified atom stereocenters. The fraction of sp³-hybridized carbons (Fsp3) is 0.125. The number of halogens is 3. The van der Waals surface area contributed by atoms with Gasteiger partial charge < -0.3 is 0 Å². The lowest BCUT2D eigenvalue weighted by atomic mass is 9.91. The van der Waals surface area contributed by atoms with Crippen LogP contribution in [-0.2, 0) is 0 Å². The van der Waals surface area contributed by atoms with E-state index in [9.17, 15) is 18.8 Å². The van der Waals surface area contributed by atoms with Crippen LogP contribution in [0.2, 0.25) is 5.02 Å². The van der Waals surface area contributed by atoms with Gasteiger partial charge in [0.05, 0.1) is 11.6 Å². The zero-order chi connectivity index (χ0) is 15.6. The predicted octanol–water partition coefficient (Wildman–Crippen LogP) is 4.42. The maximum absolute atomic E-state index is 13.8. The summed E-state index contributed by atoms with van der Waals surface area (Å²) in [4.78, 5) is 12.3. The average molecular weight is 306 g/mol. The molecule has 0 spiro atoms. The number of carbonyl (C=O) groups is 1. The van der Waals surface area contributed by atoms with E-state index < -0.39 is 23.3 Å². The molecule has 2 aromatic carbocycles.